The summed E-state index contributed by atoms with van der Waals surface area (Å²) in [7, 11) is 0. The highest BCUT2D eigenvalue weighted by Gasteiger charge is 2.32. The molecule has 1 amide bonds. The fourth-order valence-corrected chi connectivity index (χ4v) is 4.24. The molecule has 0 radical (unpaired) electrons. The van der Waals surface area contributed by atoms with Crippen LogP contribution in [0.2, 0.25) is 5.02 Å². The molecule has 12 heteroatoms. The molecule has 8 nitrogen and oxygen atoms in total. The van der Waals surface area contributed by atoms with E-state index in [1.165, 1.54) is 6.33 Å². The maximum atomic E-state index is 12.9. The van der Waals surface area contributed by atoms with Gasteiger partial charge in [0.15, 0.2) is 0 Å². The van der Waals surface area contributed by atoms with E-state index in [1.54, 1.807) is 39.4 Å². The van der Waals surface area contributed by atoms with E-state index in [4.69, 9.17) is 11.6 Å². The number of aliphatic hydroxyl groups excluding tert-OH is 1. The second kappa shape index (κ2) is 8.70. The Bertz CT molecular complexity index is 1040. The summed E-state index contributed by atoms with van der Waals surface area (Å²) in [5.74, 6) is -0.970. The third-order valence-electron chi connectivity index (χ3n) is 4.65. The lowest BCUT2D eigenvalue weighted by Gasteiger charge is -2.22. The number of carbonyl (C=O) groups is 1. The highest BCUT2D eigenvalue weighted by molar-refractivity contribution is 7.97. The Labute approximate surface area is 179 Å². The van der Waals surface area contributed by atoms with E-state index in [0.29, 0.717) is 28.8 Å². The van der Waals surface area contributed by atoms with Gasteiger partial charge in [0.05, 0.1) is 36.7 Å². The van der Waals surface area contributed by atoms with Gasteiger partial charge in [0.1, 0.15) is 12.9 Å². The molecule has 1 N–H and O–H groups in total. The maximum Gasteiger partial charge on any atom is 0.257 e. The Morgan fingerprint density at radius 3 is 2.77 bits per heavy atom. The molecule has 0 aliphatic carbocycles. The van der Waals surface area contributed by atoms with E-state index >= 15 is 0 Å². The number of aromatic nitrogens is 5. The number of fused-ring (bicyclic) bond motifs is 1. The average Bonchev–Trinajstić information content (AvgIpc) is 3.38. The second-order valence-corrected chi connectivity index (χ2v) is 8.02. The highest BCUT2D eigenvalue weighted by atomic mass is 35.5. The molecule has 30 heavy (non-hydrogen) atoms. The Morgan fingerprint density at radius 1 is 1.27 bits per heavy atom. The van der Waals surface area contributed by atoms with Crippen molar-refractivity contribution < 1.29 is 18.7 Å². The Kier molecular flexibility index (Phi) is 6.02. The van der Waals surface area contributed by atoms with Gasteiger partial charge in [-0.05, 0) is 11.6 Å². The van der Waals surface area contributed by atoms with Gasteiger partial charge in [-0.2, -0.15) is 5.10 Å². The van der Waals surface area contributed by atoms with E-state index in [-0.39, 0.29) is 12.5 Å². The molecule has 0 saturated heterocycles. The van der Waals surface area contributed by atoms with E-state index < -0.39 is 18.9 Å². The average molecular weight is 455 g/mol. The highest BCUT2D eigenvalue weighted by Crippen LogP contribution is 2.30. The first-order valence-corrected chi connectivity index (χ1v) is 10.2. The monoisotopic (exact) mass is 454 g/mol. The zero-order valence-electron chi connectivity index (χ0n) is 15.5. The molecule has 1 aliphatic heterocycles. The first-order valence-electron chi connectivity index (χ1n) is 9.02. The van der Waals surface area contributed by atoms with Gasteiger partial charge in [-0.3, -0.25) is 4.79 Å². The molecule has 1 aromatic carbocycles. The minimum atomic E-state index is -2.50. The molecular formula is C18H17ClF2N6O2S. The summed E-state index contributed by atoms with van der Waals surface area (Å²) in [6.45, 7) is -0.212. The van der Waals surface area contributed by atoms with Crippen LogP contribution in [0.4, 0.5) is 8.78 Å². The maximum absolute atomic E-state index is 12.9. The predicted molar refractivity (Wildman–Crippen MR) is 105 cm³/mol. The normalized spacial score (nSPS) is 14.4. The SMILES string of the molecule is O=C([C@H](CO)c1ccccc1Cl)N1Cc2cn(Sc3ncn(CC(F)F)n3)nc2C1. The summed E-state index contributed by atoms with van der Waals surface area (Å²) in [5, 5.41) is 18.9. The number of halogens is 3. The van der Waals surface area contributed by atoms with Crippen LogP contribution < -0.4 is 0 Å². The number of alkyl halides is 2. The molecule has 0 fully saturated rings. The van der Waals surface area contributed by atoms with Gasteiger partial charge in [0, 0.05) is 23.3 Å². The van der Waals surface area contributed by atoms with Gasteiger partial charge in [0.2, 0.25) is 11.1 Å². The summed E-state index contributed by atoms with van der Waals surface area (Å²) >= 11 is 7.28. The van der Waals surface area contributed by atoms with Crippen molar-refractivity contribution in [3.05, 3.63) is 58.6 Å². The third-order valence-corrected chi connectivity index (χ3v) is 5.72. The van der Waals surface area contributed by atoms with E-state index in [0.717, 1.165) is 27.9 Å². The summed E-state index contributed by atoms with van der Waals surface area (Å²) in [6.07, 6.45) is 0.496. The Balaban J connectivity index is 1.42. The lowest BCUT2D eigenvalue weighted by atomic mass is 9.98. The molecule has 2 aromatic heterocycles. The topological polar surface area (TPSA) is 89.1 Å². The van der Waals surface area contributed by atoms with Gasteiger partial charge in [-0.25, -0.2) is 22.5 Å². The summed E-state index contributed by atoms with van der Waals surface area (Å²) in [5.41, 5.74) is 2.17. The van der Waals surface area contributed by atoms with Gasteiger partial charge >= 0.3 is 0 Å². The van der Waals surface area contributed by atoms with Crippen LogP contribution in [0.3, 0.4) is 0 Å². The first-order chi connectivity index (χ1) is 14.4. The molecule has 1 aliphatic rings. The minimum absolute atomic E-state index is 0.227. The van der Waals surface area contributed by atoms with E-state index in [1.807, 2.05) is 0 Å². The molecule has 0 saturated carbocycles. The Morgan fingerprint density at radius 2 is 2.07 bits per heavy atom. The first kappa shape index (κ1) is 20.8. The zero-order valence-corrected chi connectivity index (χ0v) is 17.1. The number of benzene rings is 1. The van der Waals surface area contributed by atoms with Crippen LogP contribution in [0.5, 0.6) is 0 Å². The van der Waals surface area contributed by atoms with Crippen LogP contribution >= 0.6 is 23.5 Å². The molecule has 3 heterocycles. The van der Waals surface area contributed by atoms with Gasteiger partial charge in [-0.15, -0.1) is 5.10 Å². The lowest BCUT2D eigenvalue weighted by Crippen LogP contribution is -2.33. The molecule has 0 bridgehead atoms. The number of carbonyl (C=O) groups excluding carboxylic acids is 1. The van der Waals surface area contributed by atoms with Crippen LogP contribution in [0, 0.1) is 0 Å². The van der Waals surface area contributed by atoms with Crippen LogP contribution in [0.1, 0.15) is 22.7 Å². The van der Waals surface area contributed by atoms with E-state index in [9.17, 15) is 18.7 Å². The van der Waals surface area contributed by atoms with Crippen molar-refractivity contribution >= 4 is 29.5 Å². The van der Waals surface area contributed by atoms with Crippen LogP contribution in [-0.4, -0.2) is 52.9 Å². The van der Waals surface area contributed by atoms with Gasteiger partial charge in [-0.1, -0.05) is 29.8 Å². The summed E-state index contributed by atoms with van der Waals surface area (Å²) < 4.78 is 27.5. The molecule has 4 rings (SSSR count). The lowest BCUT2D eigenvalue weighted by molar-refractivity contribution is -0.134. The van der Waals surface area contributed by atoms with Crippen molar-refractivity contribution in [1.29, 1.82) is 0 Å². The zero-order chi connectivity index (χ0) is 21.3. The van der Waals surface area contributed by atoms with Crippen molar-refractivity contribution in [1.82, 2.24) is 28.9 Å². The second-order valence-electron chi connectivity index (χ2n) is 6.69. The Hall–Kier alpha value is -2.50. The fraction of sp³-hybridized carbons (Fsp3) is 0.333. The number of hydrogen-bond donors (Lipinski definition) is 1. The fourth-order valence-electron chi connectivity index (χ4n) is 3.25. The smallest absolute Gasteiger partial charge is 0.257 e. The molecule has 0 spiro atoms. The number of aliphatic hydroxyl groups is 1. The molecule has 1 atom stereocenters. The van der Waals surface area contributed by atoms with E-state index in [2.05, 4.69) is 15.2 Å². The van der Waals surface area contributed by atoms with Crippen LogP contribution in [-0.2, 0) is 24.4 Å². The molecule has 3 aromatic rings. The van der Waals surface area contributed by atoms with Crippen molar-refractivity contribution in [3.63, 3.8) is 0 Å². The number of hydrogen-bond acceptors (Lipinski definition) is 6. The molecule has 158 valence electrons. The van der Waals surface area contributed by atoms with Crippen LogP contribution in [0.25, 0.3) is 0 Å². The van der Waals surface area contributed by atoms with Crippen molar-refractivity contribution in [2.75, 3.05) is 6.61 Å². The van der Waals surface area contributed by atoms with Crippen molar-refractivity contribution in [2.24, 2.45) is 0 Å². The summed E-state index contributed by atoms with van der Waals surface area (Å²) in [4.78, 5) is 18.5. The van der Waals surface area contributed by atoms with Crippen molar-refractivity contribution in [3.8, 4) is 0 Å². The minimum Gasteiger partial charge on any atom is -0.395 e. The van der Waals surface area contributed by atoms with Crippen LogP contribution in [0.15, 0.2) is 41.9 Å². The quantitative estimate of drug-likeness (QED) is 0.590. The predicted octanol–water partition coefficient (Wildman–Crippen LogP) is 2.57. The molecule has 0 unspecified atom stereocenters. The number of rotatable bonds is 7. The van der Waals surface area contributed by atoms with Crippen molar-refractivity contribution in [2.45, 2.75) is 37.1 Å². The third kappa shape index (κ3) is 4.32. The number of nitrogens with zero attached hydrogens (tertiary/aromatic N) is 6. The van der Waals surface area contributed by atoms with Gasteiger partial charge < -0.3 is 10.0 Å². The molecular weight excluding hydrogens is 438 g/mol. The largest absolute Gasteiger partial charge is 0.395 e. The summed E-state index contributed by atoms with van der Waals surface area (Å²) in [6, 6.07) is 6.95. The number of amides is 1. The standard InChI is InChI=1S/C18H17ClF2N6O2S/c19-14-4-2-1-3-12(14)13(9-28)17(29)25-5-11-6-27(23-15(11)7-25)30-18-22-10-26(24-18)8-16(20)21/h1-4,6,10,13,16,28H,5,7-9H2/t13-/m1/s1. The van der Waals surface area contributed by atoms with Gasteiger partial charge in [0.25, 0.3) is 6.43 Å².